The molecule has 0 radical (unpaired) electrons. The molecule has 0 spiro atoms. The van der Waals surface area contributed by atoms with Gasteiger partial charge in [-0.05, 0) is 12.1 Å². The molecule has 0 unspecified atom stereocenters. The maximum atomic E-state index is 12.0. The summed E-state index contributed by atoms with van der Waals surface area (Å²) in [7, 11) is 0. The Kier molecular flexibility index (Phi) is 3.43. The average Bonchev–Trinajstić information content (AvgIpc) is 2.94. The number of carbonyl (C=O) groups excluding carboxylic acids is 1. The molecule has 1 aliphatic rings. The summed E-state index contributed by atoms with van der Waals surface area (Å²) in [4.78, 5) is 15.9. The van der Waals surface area contributed by atoms with E-state index in [1.165, 1.54) is 12.4 Å². The van der Waals surface area contributed by atoms with E-state index in [0.717, 1.165) is 5.56 Å². The van der Waals surface area contributed by atoms with Crippen LogP contribution >= 0.6 is 11.6 Å². The third-order valence-electron chi connectivity index (χ3n) is 2.93. The highest BCUT2D eigenvalue weighted by atomic mass is 35.5. The second-order valence-electron chi connectivity index (χ2n) is 4.19. The van der Waals surface area contributed by atoms with Gasteiger partial charge in [0.2, 0.25) is 6.79 Å². The number of hydrogen-bond donors (Lipinski definition) is 1. The molecule has 102 valence electrons. The van der Waals surface area contributed by atoms with Crippen LogP contribution in [0.25, 0.3) is 0 Å². The van der Waals surface area contributed by atoms with Crippen molar-refractivity contribution < 1.29 is 14.3 Å². The van der Waals surface area contributed by atoms with Gasteiger partial charge in [-0.3, -0.25) is 9.78 Å². The summed E-state index contributed by atoms with van der Waals surface area (Å²) in [5.41, 5.74) is 1.20. The number of amides is 1. The van der Waals surface area contributed by atoms with Gasteiger partial charge in [0.15, 0.2) is 11.5 Å². The maximum absolute atomic E-state index is 12.0. The molecule has 0 saturated heterocycles. The molecule has 1 aromatic heterocycles. The zero-order valence-electron chi connectivity index (χ0n) is 10.4. The molecule has 3 rings (SSSR count). The molecule has 2 aromatic rings. The lowest BCUT2D eigenvalue weighted by atomic mass is 10.2. The number of aromatic nitrogens is 1. The molecule has 0 saturated carbocycles. The lowest BCUT2D eigenvalue weighted by Gasteiger charge is -2.08. The highest BCUT2D eigenvalue weighted by Gasteiger charge is 2.18. The molecule has 0 bridgehead atoms. The number of para-hydroxylation sites is 1. The molecule has 2 heterocycles. The molecule has 0 atom stereocenters. The number of halogens is 1. The Morgan fingerprint density at radius 1 is 1.35 bits per heavy atom. The number of carbonyl (C=O) groups is 1. The van der Waals surface area contributed by atoms with E-state index in [1.54, 1.807) is 6.07 Å². The number of pyridine rings is 1. The number of fused-ring (bicyclic) bond motifs is 1. The zero-order valence-corrected chi connectivity index (χ0v) is 11.2. The van der Waals surface area contributed by atoms with Crippen LogP contribution in [-0.2, 0) is 6.54 Å². The fourth-order valence-corrected chi connectivity index (χ4v) is 2.14. The van der Waals surface area contributed by atoms with Gasteiger partial charge in [-0.25, -0.2) is 0 Å². The number of rotatable bonds is 3. The predicted molar refractivity (Wildman–Crippen MR) is 73.0 cm³/mol. The van der Waals surface area contributed by atoms with E-state index in [1.807, 2.05) is 18.2 Å². The fourth-order valence-electron chi connectivity index (χ4n) is 1.95. The molecular weight excluding hydrogens is 280 g/mol. The van der Waals surface area contributed by atoms with Crippen LogP contribution in [0.2, 0.25) is 5.02 Å². The van der Waals surface area contributed by atoms with E-state index in [4.69, 9.17) is 21.1 Å². The fraction of sp³-hybridized carbons (Fsp3) is 0.143. The summed E-state index contributed by atoms with van der Waals surface area (Å²) in [6, 6.07) is 7.13. The van der Waals surface area contributed by atoms with Crippen molar-refractivity contribution >= 4 is 17.5 Å². The lowest BCUT2D eigenvalue weighted by Crippen LogP contribution is -2.23. The minimum atomic E-state index is -0.278. The molecule has 5 nitrogen and oxygen atoms in total. The van der Waals surface area contributed by atoms with Gasteiger partial charge in [-0.2, -0.15) is 0 Å². The van der Waals surface area contributed by atoms with Gasteiger partial charge < -0.3 is 14.8 Å². The van der Waals surface area contributed by atoms with E-state index in [-0.39, 0.29) is 12.7 Å². The largest absolute Gasteiger partial charge is 0.454 e. The van der Waals surface area contributed by atoms with Crippen molar-refractivity contribution in [1.29, 1.82) is 0 Å². The molecule has 0 fully saturated rings. The van der Waals surface area contributed by atoms with Crippen molar-refractivity contribution in [2.24, 2.45) is 0 Å². The van der Waals surface area contributed by atoms with Crippen molar-refractivity contribution in [2.45, 2.75) is 6.54 Å². The van der Waals surface area contributed by atoms with Crippen molar-refractivity contribution in [3.63, 3.8) is 0 Å². The predicted octanol–water partition coefficient (Wildman–Crippen LogP) is 2.39. The molecule has 1 N–H and O–H groups in total. The molecule has 0 aliphatic carbocycles. The number of benzene rings is 1. The first-order valence-corrected chi connectivity index (χ1v) is 6.38. The average molecular weight is 291 g/mol. The Morgan fingerprint density at radius 2 is 2.25 bits per heavy atom. The number of nitrogens with one attached hydrogen (secondary N) is 1. The van der Waals surface area contributed by atoms with Crippen LogP contribution in [0.5, 0.6) is 11.5 Å². The summed E-state index contributed by atoms with van der Waals surface area (Å²) in [5, 5.41) is 3.16. The molecule has 1 aromatic carbocycles. The third kappa shape index (κ3) is 2.40. The smallest absolute Gasteiger partial charge is 0.254 e. The van der Waals surface area contributed by atoms with E-state index in [2.05, 4.69) is 10.3 Å². The minimum Gasteiger partial charge on any atom is -0.454 e. The highest BCUT2D eigenvalue weighted by Crippen LogP contribution is 2.35. The Labute approximate surface area is 120 Å². The van der Waals surface area contributed by atoms with Crippen molar-refractivity contribution in [3.8, 4) is 11.5 Å². The second-order valence-corrected chi connectivity index (χ2v) is 4.60. The van der Waals surface area contributed by atoms with Gasteiger partial charge in [0.1, 0.15) is 0 Å². The van der Waals surface area contributed by atoms with E-state index < -0.39 is 0 Å². The van der Waals surface area contributed by atoms with Crippen LogP contribution in [-0.4, -0.2) is 17.7 Å². The Bertz CT molecular complexity index is 661. The van der Waals surface area contributed by atoms with Crippen molar-refractivity contribution in [3.05, 3.63) is 52.8 Å². The first-order valence-electron chi connectivity index (χ1n) is 6.01. The second kappa shape index (κ2) is 5.38. The van der Waals surface area contributed by atoms with E-state index in [0.29, 0.717) is 28.6 Å². The Morgan fingerprint density at radius 3 is 3.10 bits per heavy atom. The molecule has 1 amide bonds. The number of ether oxygens (including phenoxy) is 2. The normalized spacial score (nSPS) is 12.2. The van der Waals surface area contributed by atoms with E-state index in [9.17, 15) is 4.79 Å². The first kappa shape index (κ1) is 12.7. The van der Waals surface area contributed by atoms with Crippen LogP contribution in [0.3, 0.4) is 0 Å². The molecular formula is C14H11ClN2O3. The Hall–Kier alpha value is -2.27. The summed E-state index contributed by atoms with van der Waals surface area (Å²) < 4.78 is 10.7. The van der Waals surface area contributed by atoms with Gasteiger partial charge >= 0.3 is 0 Å². The highest BCUT2D eigenvalue weighted by molar-refractivity contribution is 6.33. The first-order chi connectivity index (χ1) is 9.75. The van der Waals surface area contributed by atoms with Crippen LogP contribution in [0.1, 0.15) is 15.9 Å². The zero-order chi connectivity index (χ0) is 13.9. The minimum absolute atomic E-state index is 0.203. The standard InChI is InChI=1S/C14H11ClN2O3/c15-11-4-5-16-7-10(11)14(18)17-6-9-2-1-3-12-13(9)20-8-19-12/h1-5,7H,6,8H2,(H,17,18). The van der Waals surface area contributed by atoms with Gasteiger partial charge in [-0.1, -0.05) is 23.7 Å². The van der Waals surface area contributed by atoms with Crippen LogP contribution in [0.15, 0.2) is 36.7 Å². The van der Waals surface area contributed by atoms with Gasteiger partial charge in [-0.15, -0.1) is 0 Å². The van der Waals surface area contributed by atoms with Gasteiger partial charge in [0.05, 0.1) is 10.6 Å². The van der Waals surface area contributed by atoms with E-state index >= 15 is 0 Å². The lowest BCUT2D eigenvalue weighted by molar-refractivity contribution is 0.0950. The summed E-state index contributed by atoms with van der Waals surface area (Å²) >= 11 is 5.95. The van der Waals surface area contributed by atoms with Gasteiger partial charge in [0, 0.05) is 24.5 Å². The number of nitrogens with zero attached hydrogens (tertiary/aromatic N) is 1. The maximum Gasteiger partial charge on any atom is 0.254 e. The topological polar surface area (TPSA) is 60.5 Å². The Balaban J connectivity index is 1.73. The number of hydrogen-bond acceptors (Lipinski definition) is 4. The summed E-state index contributed by atoms with van der Waals surface area (Å²) in [5.74, 6) is 1.08. The third-order valence-corrected chi connectivity index (χ3v) is 3.26. The summed E-state index contributed by atoms with van der Waals surface area (Å²) in [6.45, 7) is 0.533. The van der Waals surface area contributed by atoms with Crippen LogP contribution in [0.4, 0.5) is 0 Å². The quantitative estimate of drug-likeness (QED) is 0.943. The SMILES string of the molecule is O=C(NCc1cccc2c1OCO2)c1cnccc1Cl. The molecule has 20 heavy (non-hydrogen) atoms. The molecule has 6 heteroatoms. The van der Waals surface area contributed by atoms with Crippen LogP contribution < -0.4 is 14.8 Å². The van der Waals surface area contributed by atoms with Crippen LogP contribution in [0, 0.1) is 0 Å². The molecule has 1 aliphatic heterocycles. The summed E-state index contributed by atoms with van der Waals surface area (Å²) in [6.07, 6.45) is 2.97. The van der Waals surface area contributed by atoms with Crippen molar-refractivity contribution in [1.82, 2.24) is 10.3 Å². The van der Waals surface area contributed by atoms with Gasteiger partial charge in [0.25, 0.3) is 5.91 Å². The van der Waals surface area contributed by atoms with Crippen molar-refractivity contribution in [2.75, 3.05) is 6.79 Å². The monoisotopic (exact) mass is 290 g/mol.